The molecule has 0 saturated heterocycles. The van der Waals surface area contributed by atoms with Gasteiger partial charge in [-0.25, -0.2) is 9.97 Å². The van der Waals surface area contributed by atoms with Crippen molar-refractivity contribution in [2.75, 3.05) is 11.5 Å². The van der Waals surface area contributed by atoms with Gasteiger partial charge in [-0.15, -0.1) is 0 Å². The Hall–Kier alpha value is -1.55. The first kappa shape index (κ1) is 14.9. The van der Waals surface area contributed by atoms with E-state index >= 15 is 0 Å². The summed E-state index contributed by atoms with van der Waals surface area (Å²) in [6.45, 7) is 6.16. The summed E-state index contributed by atoms with van der Waals surface area (Å²) in [5.41, 5.74) is 11.2. The topological polar surface area (TPSA) is 51.8 Å². The molecule has 0 aliphatic heterocycles. The van der Waals surface area contributed by atoms with E-state index in [0.717, 1.165) is 40.8 Å². The lowest BCUT2D eigenvalue weighted by atomic mass is 10.1. The highest BCUT2D eigenvalue weighted by molar-refractivity contribution is 7.99. The first-order chi connectivity index (χ1) is 9.56. The molecule has 106 valence electrons. The molecule has 0 aliphatic rings. The summed E-state index contributed by atoms with van der Waals surface area (Å²) in [5.74, 6) is 1.03. The van der Waals surface area contributed by atoms with Gasteiger partial charge in [0.1, 0.15) is 0 Å². The lowest BCUT2D eigenvalue weighted by Crippen LogP contribution is -1.98. The summed E-state index contributed by atoms with van der Waals surface area (Å²) in [7, 11) is 0. The first-order valence-corrected chi connectivity index (χ1v) is 7.84. The van der Waals surface area contributed by atoms with E-state index in [9.17, 15) is 0 Å². The second kappa shape index (κ2) is 6.75. The summed E-state index contributed by atoms with van der Waals surface area (Å²) in [5, 5.41) is 0.892. The van der Waals surface area contributed by atoms with Crippen LogP contribution in [0.25, 0.3) is 0 Å². The average Bonchev–Trinajstić information content (AvgIpc) is 2.43. The predicted octanol–water partition coefficient (Wildman–Crippen LogP) is 3.71. The molecule has 0 amide bonds. The van der Waals surface area contributed by atoms with E-state index in [2.05, 4.69) is 29.0 Å². The molecular formula is C16H21N3S. The Balaban J connectivity index is 1.83. The van der Waals surface area contributed by atoms with Gasteiger partial charge in [0.05, 0.1) is 0 Å². The fraction of sp³-hybridized carbons (Fsp3) is 0.375. The van der Waals surface area contributed by atoms with Crippen molar-refractivity contribution in [1.82, 2.24) is 9.97 Å². The van der Waals surface area contributed by atoms with Crippen LogP contribution in [0.1, 0.15) is 28.9 Å². The molecule has 2 rings (SSSR count). The SMILES string of the molecule is Cc1nc(SCCCc2ccc(N)cc2)nc(C)c1C. The molecule has 4 heteroatoms. The quantitative estimate of drug-likeness (QED) is 0.394. The molecule has 2 aromatic rings. The molecule has 0 fully saturated rings. The third kappa shape index (κ3) is 3.97. The van der Waals surface area contributed by atoms with E-state index in [4.69, 9.17) is 5.73 Å². The maximum atomic E-state index is 5.68. The van der Waals surface area contributed by atoms with Gasteiger partial charge < -0.3 is 5.73 Å². The fourth-order valence-electron chi connectivity index (χ4n) is 1.93. The molecule has 2 N–H and O–H groups in total. The van der Waals surface area contributed by atoms with E-state index in [1.54, 1.807) is 11.8 Å². The molecule has 0 bridgehead atoms. The standard InChI is InChI=1S/C16H21N3S/c1-11-12(2)18-16(19-13(11)3)20-10-4-5-14-6-8-15(17)9-7-14/h6-9H,4-5,10,17H2,1-3H3. The van der Waals surface area contributed by atoms with Crippen molar-refractivity contribution in [3.05, 3.63) is 46.8 Å². The number of hydrogen-bond donors (Lipinski definition) is 1. The number of benzene rings is 1. The number of nitrogen functional groups attached to an aromatic ring is 1. The number of hydrogen-bond acceptors (Lipinski definition) is 4. The zero-order valence-electron chi connectivity index (χ0n) is 12.3. The highest BCUT2D eigenvalue weighted by Crippen LogP contribution is 2.18. The van der Waals surface area contributed by atoms with E-state index in [1.165, 1.54) is 11.1 Å². The van der Waals surface area contributed by atoms with Crippen molar-refractivity contribution in [1.29, 1.82) is 0 Å². The predicted molar refractivity (Wildman–Crippen MR) is 86.1 cm³/mol. The number of thioether (sulfide) groups is 1. The van der Waals surface area contributed by atoms with Gasteiger partial charge in [0, 0.05) is 22.8 Å². The fourth-order valence-corrected chi connectivity index (χ4v) is 2.80. The zero-order valence-corrected chi connectivity index (χ0v) is 13.1. The smallest absolute Gasteiger partial charge is 0.187 e. The Morgan fingerprint density at radius 1 is 1.00 bits per heavy atom. The van der Waals surface area contributed by atoms with Gasteiger partial charge in [-0.2, -0.15) is 0 Å². The molecule has 3 nitrogen and oxygen atoms in total. The van der Waals surface area contributed by atoms with Crippen molar-refractivity contribution in [2.45, 2.75) is 38.8 Å². The van der Waals surface area contributed by atoms with Crippen LogP contribution in [0.5, 0.6) is 0 Å². The summed E-state index contributed by atoms with van der Waals surface area (Å²) < 4.78 is 0. The van der Waals surface area contributed by atoms with Crippen LogP contribution >= 0.6 is 11.8 Å². The summed E-state index contributed by atoms with van der Waals surface area (Å²) >= 11 is 1.73. The minimum absolute atomic E-state index is 0.821. The van der Waals surface area contributed by atoms with Gasteiger partial charge in [0.25, 0.3) is 0 Å². The number of anilines is 1. The Morgan fingerprint density at radius 3 is 2.20 bits per heavy atom. The molecule has 0 aliphatic carbocycles. The number of nitrogens with two attached hydrogens (primary N) is 1. The van der Waals surface area contributed by atoms with Crippen LogP contribution in [0.4, 0.5) is 5.69 Å². The molecule has 1 aromatic carbocycles. The number of nitrogens with zero attached hydrogens (tertiary/aromatic N) is 2. The molecule has 0 radical (unpaired) electrons. The van der Waals surface area contributed by atoms with Crippen LogP contribution in [-0.2, 0) is 6.42 Å². The normalized spacial score (nSPS) is 10.8. The second-order valence-electron chi connectivity index (χ2n) is 5.00. The number of rotatable bonds is 5. The third-order valence-electron chi connectivity index (χ3n) is 3.43. The van der Waals surface area contributed by atoms with E-state index < -0.39 is 0 Å². The Labute approximate surface area is 125 Å². The summed E-state index contributed by atoms with van der Waals surface area (Å²) in [4.78, 5) is 9.05. The Bertz CT molecular complexity index is 556. The highest BCUT2D eigenvalue weighted by atomic mass is 32.2. The molecule has 0 atom stereocenters. The van der Waals surface area contributed by atoms with Crippen molar-refractivity contribution >= 4 is 17.4 Å². The largest absolute Gasteiger partial charge is 0.399 e. The van der Waals surface area contributed by atoms with Gasteiger partial charge in [-0.3, -0.25) is 0 Å². The minimum Gasteiger partial charge on any atom is -0.399 e. The van der Waals surface area contributed by atoms with Gasteiger partial charge in [-0.05, 0) is 56.9 Å². The lowest BCUT2D eigenvalue weighted by molar-refractivity contribution is 0.872. The molecular weight excluding hydrogens is 266 g/mol. The van der Waals surface area contributed by atoms with Gasteiger partial charge in [0.15, 0.2) is 5.16 Å². The number of aryl methyl sites for hydroxylation is 3. The first-order valence-electron chi connectivity index (χ1n) is 6.85. The van der Waals surface area contributed by atoms with E-state index in [1.807, 2.05) is 26.0 Å². The van der Waals surface area contributed by atoms with E-state index in [-0.39, 0.29) is 0 Å². The summed E-state index contributed by atoms with van der Waals surface area (Å²) in [6.07, 6.45) is 2.18. The zero-order chi connectivity index (χ0) is 14.5. The van der Waals surface area contributed by atoms with Crippen molar-refractivity contribution < 1.29 is 0 Å². The lowest BCUT2D eigenvalue weighted by Gasteiger charge is -2.06. The third-order valence-corrected chi connectivity index (χ3v) is 4.37. The van der Waals surface area contributed by atoms with Crippen molar-refractivity contribution in [2.24, 2.45) is 0 Å². The molecule has 0 saturated carbocycles. The molecule has 0 unspecified atom stereocenters. The molecule has 1 heterocycles. The van der Waals surface area contributed by atoms with Crippen LogP contribution < -0.4 is 5.73 Å². The van der Waals surface area contributed by atoms with Crippen LogP contribution in [0.15, 0.2) is 29.4 Å². The van der Waals surface area contributed by atoms with Crippen molar-refractivity contribution in [3.63, 3.8) is 0 Å². The number of aromatic nitrogens is 2. The minimum atomic E-state index is 0.821. The van der Waals surface area contributed by atoms with Crippen LogP contribution in [0.2, 0.25) is 0 Å². The van der Waals surface area contributed by atoms with Gasteiger partial charge >= 0.3 is 0 Å². The monoisotopic (exact) mass is 287 g/mol. The van der Waals surface area contributed by atoms with Crippen LogP contribution in [-0.4, -0.2) is 15.7 Å². The van der Waals surface area contributed by atoms with Crippen molar-refractivity contribution in [3.8, 4) is 0 Å². The van der Waals surface area contributed by atoms with Crippen LogP contribution in [0, 0.1) is 20.8 Å². The second-order valence-corrected chi connectivity index (χ2v) is 6.06. The van der Waals surface area contributed by atoms with Gasteiger partial charge in [-0.1, -0.05) is 23.9 Å². The summed E-state index contributed by atoms with van der Waals surface area (Å²) in [6, 6.07) is 8.10. The Kier molecular flexibility index (Phi) is 5.01. The van der Waals surface area contributed by atoms with Crippen LogP contribution in [0.3, 0.4) is 0 Å². The molecule has 0 spiro atoms. The maximum Gasteiger partial charge on any atom is 0.187 e. The van der Waals surface area contributed by atoms with E-state index in [0.29, 0.717) is 0 Å². The molecule has 20 heavy (non-hydrogen) atoms. The van der Waals surface area contributed by atoms with Gasteiger partial charge in [0.2, 0.25) is 0 Å². The molecule has 1 aromatic heterocycles. The Morgan fingerprint density at radius 2 is 1.60 bits per heavy atom. The average molecular weight is 287 g/mol. The highest BCUT2D eigenvalue weighted by Gasteiger charge is 2.04. The maximum absolute atomic E-state index is 5.68.